The normalized spacial score (nSPS) is 12.4. The number of nitrogens with zero attached hydrogens (tertiary/aromatic N) is 2. The van der Waals surface area contributed by atoms with Gasteiger partial charge in [-0.3, -0.25) is 4.68 Å². The van der Waals surface area contributed by atoms with Gasteiger partial charge >= 0.3 is 5.97 Å². The van der Waals surface area contributed by atoms with E-state index in [0.717, 1.165) is 10.9 Å². The summed E-state index contributed by atoms with van der Waals surface area (Å²) in [5, 5.41) is 5.02. The molecule has 0 radical (unpaired) electrons. The maximum absolute atomic E-state index is 11.6. The Morgan fingerprint density at radius 1 is 1.53 bits per heavy atom. The van der Waals surface area contributed by atoms with Gasteiger partial charge in [-0.2, -0.15) is 0 Å². The van der Waals surface area contributed by atoms with Crippen LogP contribution >= 0.6 is 0 Å². The maximum Gasteiger partial charge on any atom is 0.347 e. The van der Waals surface area contributed by atoms with Crippen LogP contribution in [0.3, 0.4) is 0 Å². The van der Waals surface area contributed by atoms with Gasteiger partial charge in [-0.1, -0.05) is 0 Å². The number of rotatable bonds is 4. The monoisotopic (exact) mass is 263 g/mol. The third kappa shape index (κ3) is 2.62. The van der Waals surface area contributed by atoms with E-state index in [4.69, 9.17) is 15.2 Å². The van der Waals surface area contributed by atoms with Crippen LogP contribution in [0.4, 0.5) is 5.69 Å². The van der Waals surface area contributed by atoms with Gasteiger partial charge < -0.3 is 15.2 Å². The first-order chi connectivity index (χ1) is 9.02. The van der Waals surface area contributed by atoms with E-state index in [1.54, 1.807) is 37.7 Å². The second-order valence-corrected chi connectivity index (χ2v) is 4.22. The van der Waals surface area contributed by atoms with Crippen molar-refractivity contribution in [3.63, 3.8) is 0 Å². The quantitative estimate of drug-likeness (QED) is 0.667. The number of nitrogens with two attached hydrogens (primary N) is 1. The number of anilines is 1. The van der Waals surface area contributed by atoms with Crippen LogP contribution in [-0.2, 0) is 16.6 Å². The molecule has 0 spiro atoms. The molecule has 2 rings (SSSR count). The van der Waals surface area contributed by atoms with Gasteiger partial charge in [0.15, 0.2) is 6.10 Å². The maximum atomic E-state index is 11.6. The van der Waals surface area contributed by atoms with E-state index >= 15 is 0 Å². The molecule has 1 aromatic carbocycles. The van der Waals surface area contributed by atoms with E-state index in [-0.39, 0.29) is 0 Å². The lowest BCUT2D eigenvalue weighted by Gasteiger charge is -2.11. The molecule has 6 heteroatoms. The average Bonchev–Trinajstić information content (AvgIpc) is 2.66. The molecule has 19 heavy (non-hydrogen) atoms. The zero-order chi connectivity index (χ0) is 14.0. The molecule has 0 aliphatic carbocycles. The van der Waals surface area contributed by atoms with E-state index in [0.29, 0.717) is 18.2 Å². The summed E-state index contributed by atoms with van der Waals surface area (Å²) in [6.45, 7) is 3.70. The lowest BCUT2D eigenvalue weighted by atomic mass is 10.2. The van der Waals surface area contributed by atoms with Gasteiger partial charge in [-0.25, -0.2) is 4.79 Å². The number of benzene rings is 1. The van der Waals surface area contributed by atoms with Crippen molar-refractivity contribution in [3.05, 3.63) is 18.2 Å². The van der Waals surface area contributed by atoms with Gasteiger partial charge in [-0.15, -0.1) is 5.10 Å². The molecule has 0 saturated carbocycles. The van der Waals surface area contributed by atoms with Gasteiger partial charge in [0, 0.05) is 12.7 Å². The van der Waals surface area contributed by atoms with Crippen molar-refractivity contribution in [2.45, 2.75) is 20.0 Å². The van der Waals surface area contributed by atoms with Crippen molar-refractivity contribution < 1.29 is 14.3 Å². The number of aryl methyl sites for hydroxylation is 1. The fraction of sp³-hybridized carbons (Fsp3) is 0.385. The highest BCUT2D eigenvalue weighted by Crippen LogP contribution is 2.27. The summed E-state index contributed by atoms with van der Waals surface area (Å²) in [4.78, 5) is 11.6. The van der Waals surface area contributed by atoms with Crippen molar-refractivity contribution in [3.8, 4) is 5.88 Å². The van der Waals surface area contributed by atoms with E-state index in [9.17, 15) is 4.79 Å². The highest BCUT2D eigenvalue weighted by atomic mass is 16.6. The van der Waals surface area contributed by atoms with E-state index in [2.05, 4.69) is 5.10 Å². The Hall–Kier alpha value is -2.24. The zero-order valence-corrected chi connectivity index (χ0v) is 11.2. The van der Waals surface area contributed by atoms with Crippen molar-refractivity contribution >= 4 is 22.6 Å². The van der Waals surface area contributed by atoms with Gasteiger partial charge in [-0.05, 0) is 32.0 Å². The average molecular weight is 263 g/mol. The van der Waals surface area contributed by atoms with Crippen LogP contribution in [0.1, 0.15) is 13.8 Å². The summed E-state index contributed by atoms with van der Waals surface area (Å²) in [5.74, 6) is -0.0319. The Bertz CT molecular complexity index is 606. The fourth-order valence-corrected chi connectivity index (χ4v) is 1.81. The predicted molar refractivity (Wildman–Crippen MR) is 71.8 cm³/mol. The Morgan fingerprint density at radius 2 is 2.26 bits per heavy atom. The Morgan fingerprint density at radius 3 is 2.95 bits per heavy atom. The molecule has 0 unspecified atom stereocenters. The van der Waals surface area contributed by atoms with Crippen LogP contribution in [0.15, 0.2) is 18.2 Å². The highest BCUT2D eigenvalue weighted by Gasteiger charge is 2.19. The van der Waals surface area contributed by atoms with E-state index in [1.807, 2.05) is 6.07 Å². The predicted octanol–water partition coefficient (Wildman–Crippen LogP) is 1.49. The summed E-state index contributed by atoms with van der Waals surface area (Å²) in [7, 11) is 1.81. The number of carbonyl (C=O) groups excluding carboxylic acids is 1. The first-order valence-corrected chi connectivity index (χ1v) is 6.08. The molecule has 1 heterocycles. The van der Waals surface area contributed by atoms with Crippen LogP contribution < -0.4 is 10.5 Å². The fourth-order valence-electron chi connectivity index (χ4n) is 1.81. The van der Waals surface area contributed by atoms with Gasteiger partial charge in [0.1, 0.15) is 0 Å². The molecular formula is C13H17N3O3. The van der Waals surface area contributed by atoms with E-state index < -0.39 is 12.1 Å². The van der Waals surface area contributed by atoms with Crippen LogP contribution in [0.2, 0.25) is 0 Å². The Labute approximate surface area is 111 Å². The van der Waals surface area contributed by atoms with Gasteiger partial charge in [0.25, 0.3) is 0 Å². The molecule has 0 aliphatic heterocycles. The zero-order valence-electron chi connectivity index (χ0n) is 11.2. The number of nitrogen functional groups attached to an aromatic ring is 1. The SMILES string of the molecule is CCOC(=O)[C@H](C)Oc1nn(C)c2ccc(N)cc12. The number of esters is 1. The molecule has 6 nitrogen and oxygen atoms in total. The van der Waals surface area contributed by atoms with Crippen molar-refractivity contribution in [2.24, 2.45) is 7.05 Å². The summed E-state index contributed by atoms with van der Waals surface area (Å²) < 4.78 is 12.1. The summed E-state index contributed by atoms with van der Waals surface area (Å²) in [6.07, 6.45) is -0.709. The first kappa shape index (κ1) is 13.2. The second-order valence-electron chi connectivity index (χ2n) is 4.22. The molecular weight excluding hydrogens is 246 g/mol. The topological polar surface area (TPSA) is 79.4 Å². The minimum atomic E-state index is -0.709. The van der Waals surface area contributed by atoms with E-state index in [1.165, 1.54) is 0 Å². The van der Waals surface area contributed by atoms with Crippen molar-refractivity contribution in [1.82, 2.24) is 9.78 Å². The molecule has 0 saturated heterocycles. The Kier molecular flexibility index (Phi) is 3.59. The molecule has 102 valence electrons. The third-order valence-electron chi connectivity index (χ3n) is 2.75. The minimum absolute atomic E-state index is 0.322. The molecule has 2 aromatic rings. The molecule has 2 N–H and O–H groups in total. The number of hydrogen-bond acceptors (Lipinski definition) is 5. The van der Waals surface area contributed by atoms with Gasteiger partial charge in [0.2, 0.25) is 5.88 Å². The number of fused-ring (bicyclic) bond motifs is 1. The van der Waals surface area contributed by atoms with Crippen LogP contribution in [-0.4, -0.2) is 28.5 Å². The first-order valence-electron chi connectivity index (χ1n) is 6.08. The van der Waals surface area contributed by atoms with Crippen molar-refractivity contribution in [1.29, 1.82) is 0 Å². The van der Waals surface area contributed by atoms with Crippen LogP contribution in [0.5, 0.6) is 5.88 Å². The molecule has 1 atom stereocenters. The summed E-state index contributed by atoms with van der Waals surface area (Å²) >= 11 is 0. The standard InChI is InChI=1S/C13H17N3O3/c1-4-18-13(17)8(2)19-12-10-7-9(14)5-6-11(10)16(3)15-12/h5-8H,4,14H2,1-3H3/t8-/m0/s1. The largest absolute Gasteiger partial charge is 0.463 e. The molecule has 1 aromatic heterocycles. The number of aromatic nitrogens is 2. The smallest absolute Gasteiger partial charge is 0.347 e. The molecule has 0 amide bonds. The lowest BCUT2D eigenvalue weighted by molar-refractivity contribution is -0.150. The molecule has 0 aliphatic rings. The van der Waals surface area contributed by atoms with Crippen LogP contribution in [0.25, 0.3) is 10.9 Å². The van der Waals surface area contributed by atoms with Crippen molar-refractivity contribution in [2.75, 3.05) is 12.3 Å². The number of carbonyl (C=O) groups is 1. The van der Waals surface area contributed by atoms with Gasteiger partial charge in [0.05, 0.1) is 17.5 Å². The third-order valence-corrected chi connectivity index (χ3v) is 2.75. The summed E-state index contributed by atoms with van der Waals surface area (Å²) in [5.41, 5.74) is 7.26. The lowest BCUT2D eigenvalue weighted by Crippen LogP contribution is -2.26. The van der Waals surface area contributed by atoms with Crippen LogP contribution in [0, 0.1) is 0 Å². The number of ether oxygens (including phenoxy) is 2. The summed E-state index contributed by atoms with van der Waals surface area (Å²) in [6, 6.07) is 5.43. The molecule has 0 bridgehead atoms. The molecule has 0 fully saturated rings. The second kappa shape index (κ2) is 5.17. The Balaban J connectivity index is 2.30. The number of hydrogen-bond donors (Lipinski definition) is 1. The minimum Gasteiger partial charge on any atom is -0.463 e. The highest BCUT2D eigenvalue weighted by molar-refractivity contribution is 5.87.